The molecule has 0 heterocycles. The first-order chi connectivity index (χ1) is 8.40. The number of aryl methyl sites for hydroxylation is 1. The van der Waals surface area contributed by atoms with Crippen LogP contribution in [0.5, 0.6) is 0 Å². The molecule has 2 heteroatoms. The largest absolute Gasteiger partial charge is 0.393 e. The quantitative estimate of drug-likeness (QED) is 0.844. The van der Waals surface area contributed by atoms with E-state index in [1.807, 2.05) is 6.92 Å². The summed E-state index contributed by atoms with van der Waals surface area (Å²) in [4.78, 5) is 0. The van der Waals surface area contributed by atoms with Gasteiger partial charge in [-0.15, -0.1) is 0 Å². The average Bonchev–Trinajstić information content (AvgIpc) is 2.28. The van der Waals surface area contributed by atoms with Crippen molar-refractivity contribution < 1.29 is 10.2 Å². The zero-order chi connectivity index (χ0) is 13.4. The van der Waals surface area contributed by atoms with Gasteiger partial charge in [-0.05, 0) is 54.9 Å². The van der Waals surface area contributed by atoms with Gasteiger partial charge in [-0.1, -0.05) is 26.0 Å². The number of benzene rings is 1. The van der Waals surface area contributed by atoms with Gasteiger partial charge in [0.05, 0.1) is 12.2 Å². The second-order valence-corrected chi connectivity index (χ2v) is 5.99. The van der Waals surface area contributed by atoms with E-state index in [2.05, 4.69) is 32.9 Å². The lowest BCUT2D eigenvalue weighted by Crippen LogP contribution is -2.31. The van der Waals surface area contributed by atoms with Crippen molar-refractivity contribution in [1.82, 2.24) is 0 Å². The number of hydrogen-bond donors (Lipinski definition) is 2. The number of hydrogen-bond acceptors (Lipinski definition) is 2. The van der Waals surface area contributed by atoms with Crippen molar-refractivity contribution in [3.63, 3.8) is 0 Å². The molecule has 100 valence electrons. The average molecular weight is 248 g/mol. The summed E-state index contributed by atoms with van der Waals surface area (Å²) < 4.78 is 0. The van der Waals surface area contributed by atoms with Gasteiger partial charge in [0.15, 0.2) is 0 Å². The highest BCUT2D eigenvalue weighted by Gasteiger charge is 2.30. The van der Waals surface area contributed by atoms with E-state index in [4.69, 9.17) is 0 Å². The maximum absolute atomic E-state index is 10.2. The molecule has 1 aromatic carbocycles. The molecule has 1 aromatic rings. The zero-order valence-electron chi connectivity index (χ0n) is 11.8. The van der Waals surface area contributed by atoms with E-state index in [0.29, 0.717) is 12.3 Å². The van der Waals surface area contributed by atoms with Gasteiger partial charge in [0.25, 0.3) is 0 Å². The predicted molar refractivity (Wildman–Crippen MR) is 73.9 cm³/mol. The third-order valence-corrected chi connectivity index (χ3v) is 4.24. The van der Waals surface area contributed by atoms with Crippen molar-refractivity contribution in [2.24, 2.45) is 5.92 Å². The molecule has 0 radical (unpaired) electrons. The third kappa shape index (κ3) is 2.45. The standard InChI is InChI=1S/C16H24O2/c1-9-5-14-6-10(2)16(18)12(4)15(14)8-13(9)7-11(3)17/h5,8,10-12,16-18H,6-7H2,1-4H3. The van der Waals surface area contributed by atoms with E-state index in [1.165, 1.54) is 22.3 Å². The molecule has 0 aliphatic heterocycles. The first-order valence-corrected chi connectivity index (χ1v) is 6.88. The molecule has 0 saturated heterocycles. The van der Waals surface area contributed by atoms with Crippen LogP contribution in [0.4, 0.5) is 0 Å². The SMILES string of the molecule is Cc1cc2c(cc1CC(C)O)C(C)C(O)C(C)C2. The van der Waals surface area contributed by atoms with Crippen LogP contribution >= 0.6 is 0 Å². The van der Waals surface area contributed by atoms with Gasteiger partial charge in [0.2, 0.25) is 0 Å². The van der Waals surface area contributed by atoms with Crippen LogP contribution in [0.15, 0.2) is 12.1 Å². The molecule has 2 nitrogen and oxygen atoms in total. The van der Waals surface area contributed by atoms with Crippen molar-refractivity contribution >= 4 is 0 Å². The molecule has 1 aliphatic rings. The number of aliphatic hydroxyl groups excluding tert-OH is 2. The van der Waals surface area contributed by atoms with Crippen LogP contribution in [0.3, 0.4) is 0 Å². The van der Waals surface area contributed by atoms with Crippen molar-refractivity contribution in [2.45, 2.75) is 58.7 Å². The molecule has 0 bridgehead atoms. The smallest absolute Gasteiger partial charge is 0.0634 e. The minimum atomic E-state index is -0.315. The minimum Gasteiger partial charge on any atom is -0.393 e. The van der Waals surface area contributed by atoms with E-state index in [1.54, 1.807) is 0 Å². The Bertz CT molecular complexity index is 437. The lowest BCUT2D eigenvalue weighted by molar-refractivity contribution is 0.0851. The zero-order valence-corrected chi connectivity index (χ0v) is 11.8. The van der Waals surface area contributed by atoms with Crippen LogP contribution in [0.1, 0.15) is 48.9 Å². The van der Waals surface area contributed by atoms with Crippen LogP contribution in [0, 0.1) is 12.8 Å². The first-order valence-electron chi connectivity index (χ1n) is 6.88. The second-order valence-electron chi connectivity index (χ2n) is 5.99. The highest BCUT2D eigenvalue weighted by atomic mass is 16.3. The van der Waals surface area contributed by atoms with Gasteiger partial charge in [0, 0.05) is 5.92 Å². The van der Waals surface area contributed by atoms with Crippen LogP contribution in [0.2, 0.25) is 0 Å². The molecule has 0 aromatic heterocycles. The van der Waals surface area contributed by atoms with Gasteiger partial charge in [-0.25, -0.2) is 0 Å². The maximum Gasteiger partial charge on any atom is 0.0634 e. The highest BCUT2D eigenvalue weighted by Crippen LogP contribution is 2.36. The van der Waals surface area contributed by atoms with Crippen LogP contribution in [-0.2, 0) is 12.8 Å². The topological polar surface area (TPSA) is 40.5 Å². The van der Waals surface area contributed by atoms with Crippen LogP contribution in [-0.4, -0.2) is 22.4 Å². The van der Waals surface area contributed by atoms with Crippen molar-refractivity contribution in [2.75, 3.05) is 0 Å². The first kappa shape index (κ1) is 13.6. The Hall–Kier alpha value is -0.860. The summed E-state index contributed by atoms with van der Waals surface area (Å²) in [7, 11) is 0. The molecule has 1 aliphatic carbocycles. The third-order valence-electron chi connectivity index (χ3n) is 4.24. The Morgan fingerprint density at radius 2 is 2.00 bits per heavy atom. The summed E-state index contributed by atoms with van der Waals surface area (Å²) in [6, 6.07) is 4.43. The summed E-state index contributed by atoms with van der Waals surface area (Å²) in [5.74, 6) is 0.520. The Balaban J connectivity index is 2.41. The monoisotopic (exact) mass is 248 g/mol. The predicted octanol–water partition coefficient (Wildman–Crippen LogP) is 2.57. The Morgan fingerprint density at radius 3 is 2.61 bits per heavy atom. The second kappa shape index (κ2) is 5.02. The summed E-state index contributed by atoms with van der Waals surface area (Å²) in [5.41, 5.74) is 5.09. The molecular weight excluding hydrogens is 224 g/mol. The lowest BCUT2D eigenvalue weighted by Gasteiger charge is -2.33. The van der Waals surface area contributed by atoms with Gasteiger partial charge >= 0.3 is 0 Å². The molecule has 0 saturated carbocycles. The van der Waals surface area contributed by atoms with Gasteiger partial charge in [0.1, 0.15) is 0 Å². The van der Waals surface area contributed by atoms with E-state index >= 15 is 0 Å². The van der Waals surface area contributed by atoms with E-state index < -0.39 is 0 Å². The molecule has 2 N–H and O–H groups in total. The van der Waals surface area contributed by atoms with Crippen LogP contribution in [0.25, 0.3) is 0 Å². The molecular formula is C16H24O2. The molecule has 4 atom stereocenters. The fourth-order valence-electron chi connectivity index (χ4n) is 3.11. The fraction of sp³-hybridized carbons (Fsp3) is 0.625. The molecule has 2 rings (SSSR count). The normalized spacial score (nSPS) is 28.9. The number of rotatable bonds is 2. The Morgan fingerprint density at radius 1 is 1.33 bits per heavy atom. The number of aliphatic hydroxyl groups is 2. The van der Waals surface area contributed by atoms with Gasteiger partial charge in [-0.3, -0.25) is 0 Å². The van der Waals surface area contributed by atoms with Gasteiger partial charge in [-0.2, -0.15) is 0 Å². The van der Waals surface area contributed by atoms with Gasteiger partial charge < -0.3 is 10.2 Å². The number of fused-ring (bicyclic) bond motifs is 1. The summed E-state index contributed by atoms with van der Waals surface area (Å²) in [6.07, 6.45) is 1.08. The molecule has 0 spiro atoms. The highest BCUT2D eigenvalue weighted by molar-refractivity contribution is 5.42. The van der Waals surface area contributed by atoms with E-state index in [9.17, 15) is 10.2 Å². The van der Waals surface area contributed by atoms with Crippen molar-refractivity contribution in [1.29, 1.82) is 0 Å². The van der Waals surface area contributed by atoms with Crippen molar-refractivity contribution in [3.05, 3.63) is 34.4 Å². The van der Waals surface area contributed by atoms with Crippen LogP contribution < -0.4 is 0 Å². The molecule has 0 fully saturated rings. The summed E-state index contributed by atoms with van der Waals surface area (Å²) in [6.45, 7) is 8.14. The maximum atomic E-state index is 10.2. The Labute approximate surface area is 110 Å². The molecule has 4 unspecified atom stereocenters. The summed E-state index contributed by atoms with van der Waals surface area (Å²) in [5, 5.41) is 19.7. The lowest BCUT2D eigenvalue weighted by atomic mass is 9.75. The minimum absolute atomic E-state index is 0.192. The Kier molecular flexibility index (Phi) is 3.79. The van der Waals surface area contributed by atoms with Crippen molar-refractivity contribution in [3.8, 4) is 0 Å². The fourth-order valence-corrected chi connectivity index (χ4v) is 3.11. The molecule has 0 amide bonds. The summed E-state index contributed by atoms with van der Waals surface area (Å²) >= 11 is 0. The molecule has 18 heavy (non-hydrogen) atoms. The van der Waals surface area contributed by atoms with E-state index in [0.717, 1.165) is 6.42 Å². The van der Waals surface area contributed by atoms with E-state index in [-0.39, 0.29) is 18.1 Å².